The average Bonchev–Trinajstić information content (AvgIpc) is 2.35. The van der Waals surface area contributed by atoms with Gasteiger partial charge in [0.25, 0.3) is 0 Å². The van der Waals surface area contributed by atoms with Crippen molar-refractivity contribution >= 4 is 5.88 Å². The maximum Gasteiger partial charge on any atom is 0.193 e. The Balaban J connectivity index is 2.63. The van der Waals surface area contributed by atoms with Gasteiger partial charge in [0, 0.05) is 18.2 Å². The molecule has 0 aromatic carbocycles. The van der Waals surface area contributed by atoms with Gasteiger partial charge in [-0.3, -0.25) is 0 Å². The zero-order valence-corrected chi connectivity index (χ0v) is 7.85. The second kappa shape index (κ2) is 3.19. The normalized spacial score (nSPS) is 11.7. The van der Waals surface area contributed by atoms with Crippen molar-refractivity contribution in [2.75, 3.05) is 11.9 Å². The van der Waals surface area contributed by atoms with E-state index in [1.807, 2.05) is 32.9 Å². The van der Waals surface area contributed by atoms with E-state index in [1.165, 1.54) is 0 Å². The summed E-state index contributed by atoms with van der Waals surface area (Å²) in [4.78, 5) is 0. The first-order chi connectivity index (χ1) is 5.53. The summed E-state index contributed by atoms with van der Waals surface area (Å²) in [5.74, 6) is 1.69. The highest BCUT2D eigenvalue weighted by molar-refractivity contribution is 5.35. The molecule has 1 aromatic rings. The van der Waals surface area contributed by atoms with E-state index in [2.05, 4.69) is 5.32 Å². The molecular formula is C9H16N2O. The summed E-state index contributed by atoms with van der Waals surface area (Å²) in [5.41, 5.74) is 5.45. The van der Waals surface area contributed by atoms with Crippen LogP contribution in [0, 0.1) is 6.92 Å². The SMILES string of the molecule is Cc1ccc(NC(C)(C)CN)o1. The van der Waals surface area contributed by atoms with Crippen molar-refractivity contribution in [3.63, 3.8) is 0 Å². The van der Waals surface area contributed by atoms with E-state index in [1.54, 1.807) is 0 Å². The van der Waals surface area contributed by atoms with Crippen LogP contribution in [0.2, 0.25) is 0 Å². The minimum Gasteiger partial charge on any atom is -0.446 e. The third-order valence-electron chi connectivity index (χ3n) is 1.71. The van der Waals surface area contributed by atoms with Gasteiger partial charge in [-0.05, 0) is 26.8 Å². The van der Waals surface area contributed by atoms with Crippen molar-refractivity contribution in [2.24, 2.45) is 5.73 Å². The quantitative estimate of drug-likeness (QED) is 0.722. The molecule has 3 heteroatoms. The molecule has 1 heterocycles. The largest absolute Gasteiger partial charge is 0.446 e. The number of aryl methyl sites for hydroxylation is 1. The van der Waals surface area contributed by atoms with E-state index in [0.29, 0.717) is 6.54 Å². The molecule has 0 amide bonds. The molecule has 68 valence electrons. The maximum atomic E-state index is 5.56. The zero-order chi connectivity index (χ0) is 9.19. The Kier molecular flexibility index (Phi) is 2.43. The summed E-state index contributed by atoms with van der Waals surface area (Å²) in [7, 11) is 0. The number of rotatable bonds is 3. The van der Waals surface area contributed by atoms with Crippen molar-refractivity contribution in [3.05, 3.63) is 17.9 Å². The average molecular weight is 168 g/mol. The molecule has 3 N–H and O–H groups in total. The summed E-state index contributed by atoms with van der Waals surface area (Å²) in [6.45, 7) is 6.56. The molecule has 0 unspecified atom stereocenters. The van der Waals surface area contributed by atoms with E-state index >= 15 is 0 Å². The fourth-order valence-electron chi connectivity index (χ4n) is 0.886. The van der Waals surface area contributed by atoms with Crippen LogP contribution in [0.3, 0.4) is 0 Å². The second-order valence-corrected chi connectivity index (χ2v) is 3.62. The van der Waals surface area contributed by atoms with Crippen molar-refractivity contribution in [1.82, 2.24) is 0 Å². The first-order valence-electron chi connectivity index (χ1n) is 4.08. The standard InChI is InChI=1S/C9H16N2O/c1-7-4-5-8(12-7)11-9(2,3)6-10/h4-5,11H,6,10H2,1-3H3. The number of hydrogen-bond acceptors (Lipinski definition) is 3. The van der Waals surface area contributed by atoms with Crippen molar-refractivity contribution in [2.45, 2.75) is 26.3 Å². The molecule has 1 rings (SSSR count). The molecule has 0 fully saturated rings. The summed E-state index contributed by atoms with van der Waals surface area (Å²) in [6, 6.07) is 3.83. The van der Waals surface area contributed by atoms with E-state index in [9.17, 15) is 0 Å². The van der Waals surface area contributed by atoms with Crippen LogP contribution in [0.1, 0.15) is 19.6 Å². The van der Waals surface area contributed by atoms with Gasteiger partial charge in [0.05, 0.1) is 0 Å². The minimum absolute atomic E-state index is 0.107. The number of nitrogens with two attached hydrogens (primary N) is 1. The first kappa shape index (κ1) is 9.13. The summed E-state index contributed by atoms with van der Waals surface area (Å²) in [6.07, 6.45) is 0. The van der Waals surface area contributed by atoms with Gasteiger partial charge in [-0.25, -0.2) is 0 Å². The van der Waals surface area contributed by atoms with Crippen molar-refractivity contribution in [1.29, 1.82) is 0 Å². The Morgan fingerprint density at radius 2 is 2.17 bits per heavy atom. The zero-order valence-electron chi connectivity index (χ0n) is 7.85. The molecule has 3 nitrogen and oxygen atoms in total. The van der Waals surface area contributed by atoms with Crippen molar-refractivity contribution in [3.8, 4) is 0 Å². The third-order valence-corrected chi connectivity index (χ3v) is 1.71. The summed E-state index contributed by atoms with van der Waals surface area (Å²) in [5, 5.41) is 3.20. The van der Waals surface area contributed by atoms with Crippen LogP contribution >= 0.6 is 0 Å². The molecule has 0 radical (unpaired) electrons. The Morgan fingerprint density at radius 1 is 1.50 bits per heavy atom. The highest BCUT2D eigenvalue weighted by Crippen LogP contribution is 2.16. The number of hydrogen-bond donors (Lipinski definition) is 2. The van der Waals surface area contributed by atoms with Crippen LogP contribution in [0.5, 0.6) is 0 Å². The summed E-state index contributed by atoms with van der Waals surface area (Å²) < 4.78 is 5.35. The number of furan rings is 1. The van der Waals surface area contributed by atoms with Gasteiger partial charge in [0.1, 0.15) is 5.76 Å². The maximum absolute atomic E-state index is 5.56. The lowest BCUT2D eigenvalue weighted by Crippen LogP contribution is -2.38. The molecule has 0 aliphatic carbocycles. The van der Waals surface area contributed by atoms with E-state index in [0.717, 1.165) is 11.6 Å². The lowest BCUT2D eigenvalue weighted by atomic mass is 10.1. The molecule has 1 aromatic heterocycles. The minimum atomic E-state index is -0.107. The smallest absolute Gasteiger partial charge is 0.193 e. The van der Waals surface area contributed by atoms with Gasteiger partial charge in [-0.15, -0.1) is 0 Å². The molecule has 0 spiro atoms. The monoisotopic (exact) mass is 168 g/mol. The molecule has 0 aliphatic heterocycles. The van der Waals surface area contributed by atoms with Crippen LogP contribution in [0.15, 0.2) is 16.5 Å². The van der Waals surface area contributed by atoms with Gasteiger partial charge in [-0.2, -0.15) is 0 Å². The van der Waals surface area contributed by atoms with Crippen LogP contribution in [0.4, 0.5) is 5.88 Å². The first-order valence-corrected chi connectivity index (χ1v) is 4.08. The Labute approximate surface area is 72.9 Å². The molecular weight excluding hydrogens is 152 g/mol. The predicted octanol–water partition coefficient (Wildman–Crippen LogP) is 1.74. The second-order valence-electron chi connectivity index (χ2n) is 3.62. The van der Waals surface area contributed by atoms with Gasteiger partial charge >= 0.3 is 0 Å². The van der Waals surface area contributed by atoms with Crippen LogP contribution < -0.4 is 11.1 Å². The van der Waals surface area contributed by atoms with Gasteiger partial charge in [0.15, 0.2) is 5.88 Å². The third kappa shape index (κ3) is 2.27. The highest BCUT2D eigenvalue weighted by atomic mass is 16.4. The highest BCUT2D eigenvalue weighted by Gasteiger charge is 2.15. The van der Waals surface area contributed by atoms with Crippen molar-refractivity contribution < 1.29 is 4.42 Å². The molecule has 0 saturated heterocycles. The molecule has 0 saturated carbocycles. The van der Waals surface area contributed by atoms with Gasteiger partial charge in [-0.1, -0.05) is 0 Å². The number of nitrogens with one attached hydrogen (secondary N) is 1. The Bertz CT molecular complexity index is 253. The lowest BCUT2D eigenvalue weighted by molar-refractivity contribution is 0.503. The Morgan fingerprint density at radius 3 is 2.58 bits per heavy atom. The molecule has 0 atom stereocenters. The molecule has 0 bridgehead atoms. The fourth-order valence-corrected chi connectivity index (χ4v) is 0.886. The van der Waals surface area contributed by atoms with Crippen LogP contribution in [-0.4, -0.2) is 12.1 Å². The molecule has 0 aliphatic rings. The number of anilines is 1. The van der Waals surface area contributed by atoms with E-state index in [-0.39, 0.29) is 5.54 Å². The summed E-state index contributed by atoms with van der Waals surface area (Å²) >= 11 is 0. The lowest BCUT2D eigenvalue weighted by Gasteiger charge is -2.23. The fraction of sp³-hybridized carbons (Fsp3) is 0.556. The topological polar surface area (TPSA) is 51.2 Å². The van der Waals surface area contributed by atoms with E-state index < -0.39 is 0 Å². The van der Waals surface area contributed by atoms with Gasteiger partial charge in [0.2, 0.25) is 0 Å². The van der Waals surface area contributed by atoms with Gasteiger partial charge < -0.3 is 15.5 Å². The van der Waals surface area contributed by atoms with Crippen LogP contribution in [0.25, 0.3) is 0 Å². The van der Waals surface area contributed by atoms with Crippen LogP contribution in [-0.2, 0) is 0 Å². The Hall–Kier alpha value is -0.960. The van der Waals surface area contributed by atoms with E-state index in [4.69, 9.17) is 10.2 Å². The molecule has 12 heavy (non-hydrogen) atoms. The predicted molar refractivity (Wildman–Crippen MR) is 50.2 cm³/mol.